The van der Waals surface area contributed by atoms with E-state index in [1.807, 2.05) is 0 Å². The summed E-state index contributed by atoms with van der Waals surface area (Å²) >= 11 is 1.71. The van der Waals surface area contributed by atoms with Gasteiger partial charge in [0.2, 0.25) is 0 Å². The molecule has 2 aromatic rings. The van der Waals surface area contributed by atoms with Crippen LogP contribution in [0.25, 0.3) is 11.6 Å². The number of fused-ring (bicyclic) bond motifs is 1. The number of hydrogen-bond donors (Lipinski definition) is 0. The maximum Gasteiger partial charge on any atom is 0.455 e. The van der Waals surface area contributed by atoms with Crippen molar-refractivity contribution in [2.45, 2.75) is 18.3 Å². The smallest absolute Gasteiger partial charge is 0.332 e. The molecular formula is C10H9F3N4OS. The molecule has 0 aliphatic carbocycles. The average Bonchev–Trinajstić information content (AvgIpc) is 2.90. The van der Waals surface area contributed by atoms with Crippen LogP contribution in [0.5, 0.6) is 0 Å². The Bertz CT molecular complexity index is 619. The zero-order valence-corrected chi connectivity index (χ0v) is 10.7. The van der Waals surface area contributed by atoms with E-state index >= 15 is 0 Å². The highest BCUT2D eigenvalue weighted by atomic mass is 32.2. The van der Waals surface area contributed by atoms with Crippen LogP contribution in [-0.2, 0) is 25.4 Å². The van der Waals surface area contributed by atoms with Crippen molar-refractivity contribution in [3.63, 3.8) is 0 Å². The lowest BCUT2D eigenvalue weighted by molar-refractivity contribution is -0.146. The van der Waals surface area contributed by atoms with Crippen molar-refractivity contribution in [1.82, 2.24) is 19.9 Å². The van der Waals surface area contributed by atoms with Crippen molar-refractivity contribution >= 4 is 11.8 Å². The highest BCUT2D eigenvalue weighted by molar-refractivity contribution is 7.98. The van der Waals surface area contributed by atoms with Crippen molar-refractivity contribution in [1.29, 1.82) is 0 Å². The predicted octanol–water partition coefficient (Wildman–Crippen LogP) is 2.28. The summed E-state index contributed by atoms with van der Waals surface area (Å²) in [5.74, 6) is 0.260. The summed E-state index contributed by atoms with van der Waals surface area (Å²) in [5, 5.41) is 7.27. The van der Waals surface area contributed by atoms with Gasteiger partial charge in [0.25, 0.3) is 11.7 Å². The number of nitrogens with zero attached hydrogens (tertiary/aromatic N) is 4. The number of aryl methyl sites for hydroxylation is 2. The van der Waals surface area contributed by atoms with Crippen LogP contribution in [0, 0.1) is 0 Å². The topological polar surface area (TPSA) is 56.7 Å². The second kappa shape index (κ2) is 4.26. The molecule has 19 heavy (non-hydrogen) atoms. The van der Waals surface area contributed by atoms with Gasteiger partial charge in [-0.3, -0.25) is 4.68 Å². The molecule has 0 radical (unpaired) electrons. The van der Waals surface area contributed by atoms with E-state index in [-0.39, 0.29) is 5.89 Å². The van der Waals surface area contributed by atoms with Gasteiger partial charge in [-0.1, -0.05) is 5.16 Å². The minimum Gasteiger partial charge on any atom is -0.332 e. The summed E-state index contributed by atoms with van der Waals surface area (Å²) in [6, 6.07) is 0. The van der Waals surface area contributed by atoms with E-state index < -0.39 is 12.0 Å². The molecule has 0 saturated carbocycles. The maximum atomic E-state index is 12.5. The van der Waals surface area contributed by atoms with Gasteiger partial charge in [-0.25, -0.2) is 0 Å². The van der Waals surface area contributed by atoms with Gasteiger partial charge < -0.3 is 4.52 Å². The fourth-order valence-electron chi connectivity index (χ4n) is 2.02. The van der Waals surface area contributed by atoms with Crippen molar-refractivity contribution in [3.8, 4) is 11.6 Å². The van der Waals surface area contributed by atoms with E-state index in [0.717, 1.165) is 23.4 Å². The molecule has 0 bridgehead atoms. The molecule has 5 nitrogen and oxygen atoms in total. The van der Waals surface area contributed by atoms with Crippen LogP contribution in [0.2, 0.25) is 0 Å². The van der Waals surface area contributed by atoms with Gasteiger partial charge in [-0.15, -0.1) is 0 Å². The Kier molecular flexibility index (Phi) is 2.80. The quantitative estimate of drug-likeness (QED) is 0.806. The summed E-state index contributed by atoms with van der Waals surface area (Å²) in [6.45, 7) is 0. The van der Waals surface area contributed by atoms with E-state index in [1.165, 1.54) is 4.68 Å². The molecule has 0 spiro atoms. The van der Waals surface area contributed by atoms with Crippen LogP contribution in [0.3, 0.4) is 0 Å². The Morgan fingerprint density at radius 2 is 2.16 bits per heavy atom. The first-order valence-electron chi connectivity index (χ1n) is 5.50. The zero-order chi connectivity index (χ0) is 13.6. The van der Waals surface area contributed by atoms with Gasteiger partial charge in [-0.05, 0) is 5.75 Å². The van der Waals surface area contributed by atoms with Crippen LogP contribution >= 0.6 is 11.8 Å². The number of halogens is 3. The lowest BCUT2D eigenvalue weighted by atomic mass is 10.1. The van der Waals surface area contributed by atoms with Crippen LogP contribution in [0.1, 0.15) is 17.1 Å². The Labute approximate surface area is 110 Å². The molecule has 1 aliphatic rings. The zero-order valence-electron chi connectivity index (χ0n) is 9.86. The first kappa shape index (κ1) is 12.5. The summed E-state index contributed by atoms with van der Waals surface area (Å²) in [4.78, 5) is 3.42. The number of thioether (sulfide) groups is 1. The average molecular weight is 290 g/mol. The molecule has 0 N–H and O–H groups in total. The summed E-state index contributed by atoms with van der Waals surface area (Å²) in [5.41, 5.74) is 2.25. The van der Waals surface area contributed by atoms with Crippen LogP contribution in [0.4, 0.5) is 13.2 Å². The molecule has 102 valence electrons. The largest absolute Gasteiger partial charge is 0.455 e. The van der Waals surface area contributed by atoms with Gasteiger partial charge in [0.1, 0.15) is 5.69 Å². The summed E-state index contributed by atoms with van der Waals surface area (Å²) in [6.07, 6.45) is -3.80. The number of rotatable bonds is 1. The van der Waals surface area contributed by atoms with E-state index in [4.69, 9.17) is 4.52 Å². The lowest BCUT2D eigenvalue weighted by Crippen LogP contribution is -2.07. The third-order valence-electron chi connectivity index (χ3n) is 2.84. The first-order valence-corrected chi connectivity index (χ1v) is 6.66. The van der Waals surface area contributed by atoms with E-state index in [2.05, 4.69) is 15.2 Å². The molecule has 0 unspecified atom stereocenters. The predicted molar refractivity (Wildman–Crippen MR) is 61.4 cm³/mol. The molecule has 0 fully saturated rings. The molecule has 9 heteroatoms. The van der Waals surface area contributed by atoms with Gasteiger partial charge >= 0.3 is 6.18 Å². The highest BCUT2D eigenvalue weighted by Crippen LogP contribution is 2.34. The van der Waals surface area contributed by atoms with Crippen LogP contribution in [-0.4, -0.2) is 25.7 Å². The molecule has 3 rings (SSSR count). The Balaban J connectivity index is 2.07. The molecule has 0 atom stereocenters. The van der Waals surface area contributed by atoms with E-state index in [1.54, 1.807) is 18.8 Å². The molecule has 0 aromatic carbocycles. The molecule has 3 heterocycles. The number of aromatic nitrogens is 4. The van der Waals surface area contributed by atoms with Gasteiger partial charge in [0, 0.05) is 24.8 Å². The van der Waals surface area contributed by atoms with Gasteiger partial charge in [0.15, 0.2) is 0 Å². The molecule has 2 aromatic heterocycles. The van der Waals surface area contributed by atoms with E-state index in [0.29, 0.717) is 11.4 Å². The Morgan fingerprint density at radius 3 is 2.84 bits per heavy atom. The third-order valence-corrected chi connectivity index (χ3v) is 3.83. The number of alkyl halides is 3. The minimum absolute atomic E-state index is 0.133. The second-order valence-corrected chi connectivity index (χ2v) is 5.23. The third kappa shape index (κ3) is 2.11. The lowest BCUT2D eigenvalue weighted by Gasteiger charge is -2.09. The van der Waals surface area contributed by atoms with Crippen molar-refractivity contribution in [3.05, 3.63) is 17.1 Å². The van der Waals surface area contributed by atoms with Crippen molar-refractivity contribution < 1.29 is 17.7 Å². The molecule has 0 saturated heterocycles. The van der Waals surface area contributed by atoms with Gasteiger partial charge in [-0.2, -0.15) is 35.0 Å². The highest BCUT2D eigenvalue weighted by Gasteiger charge is 2.38. The standard InChI is InChI=1S/C10H9F3N4OS/c1-17-7(5-4-19-3-2-6(5)15-17)8-14-9(16-18-8)10(11,12)13/h2-4H2,1H3. The molecule has 0 amide bonds. The minimum atomic E-state index is -4.60. The normalized spacial score (nSPS) is 15.6. The van der Waals surface area contributed by atoms with Crippen molar-refractivity contribution in [2.24, 2.45) is 7.05 Å². The van der Waals surface area contributed by atoms with Crippen LogP contribution < -0.4 is 0 Å². The first-order chi connectivity index (χ1) is 8.97. The van der Waals surface area contributed by atoms with Crippen LogP contribution in [0.15, 0.2) is 4.52 Å². The monoisotopic (exact) mass is 290 g/mol. The fraction of sp³-hybridized carbons (Fsp3) is 0.500. The van der Waals surface area contributed by atoms with Gasteiger partial charge in [0.05, 0.1) is 5.69 Å². The molecule has 1 aliphatic heterocycles. The Morgan fingerprint density at radius 1 is 1.37 bits per heavy atom. The fourth-order valence-corrected chi connectivity index (χ4v) is 3.01. The Hall–Kier alpha value is -1.51. The van der Waals surface area contributed by atoms with Crippen molar-refractivity contribution in [2.75, 3.05) is 5.75 Å². The SMILES string of the molecule is Cn1nc2c(c1-c1nc(C(F)(F)F)no1)CSCC2. The number of hydrogen-bond acceptors (Lipinski definition) is 5. The van der Waals surface area contributed by atoms with E-state index in [9.17, 15) is 13.2 Å². The maximum absolute atomic E-state index is 12.5. The summed E-state index contributed by atoms with van der Waals surface area (Å²) in [7, 11) is 1.66. The molecular weight excluding hydrogens is 281 g/mol. The second-order valence-electron chi connectivity index (χ2n) is 4.12. The summed E-state index contributed by atoms with van der Waals surface area (Å²) < 4.78 is 43.6.